The smallest absolute Gasteiger partial charge is 0.265 e. The van der Waals surface area contributed by atoms with Gasteiger partial charge in [0.25, 0.3) is 10.1 Å². The van der Waals surface area contributed by atoms with Crippen molar-refractivity contribution < 1.29 is 13.0 Å². The molecule has 1 aromatic carbocycles. The maximum Gasteiger partial charge on any atom is 0.265 e. The van der Waals surface area contributed by atoms with Crippen LogP contribution in [0.15, 0.2) is 24.3 Å². The van der Waals surface area contributed by atoms with Gasteiger partial charge in [0.2, 0.25) is 0 Å². The van der Waals surface area contributed by atoms with Gasteiger partial charge in [-0.3, -0.25) is 4.55 Å². The predicted molar refractivity (Wildman–Crippen MR) is 65.3 cm³/mol. The van der Waals surface area contributed by atoms with Crippen LogP contribution in [-0.2, 0) is 22.0 Å². The van der Waals surface area contributed by atoms with E-state index >= 15 is 0 Å². The van der Waals surface area contributed by atoms with Crippen LogP contribution in [0.4, 0.5) is 0 Å². The van der Waals surface area contributed by atoms with E-state index in [0.717, 1.165) is 5.56 Å². The molecule has 0 radical (unpaired) electrons. The summed E-state index contributed by atoms with van der Waals surface area (Å²) in [6, 6.07) is 7.82. The Balaban J connectivity index is 2.73. The van der Waals surface area contributed by atoms with Crippen molar-refractivity contribution in [1.29, 1.82) is 0 Å². The average Bonchev–Trinajstić information content (AvgIpc) is 2.13. The number of benzene rings is 1. The maximum atomic E-state index is 10.6. The second kappa shape index (κ2) is 4.55. The molecule has 0 unspecified atom stereocenters. The van der Waals surface area contributed by atoms with Crippen LogP contribution in [0.5, 0.6) is 0 Å². The van der Waals surface area contributed by atoms with E-state index in [4.69, 9.17) is 4.55 Å². The highest BCUT2D eigenvalue weighted by Crippen LogP contribution is 2.22. The lowest BCUT2D eigenvalue weighted by atomic mass is 9.86. The summed E-state index contributed by atoms with van der Waals surface area (Å²) in [6.45, 7) is 6.38. The van der Waals surface area contributed by atoms with Crippen LogP contribution in [0.1, 0.15) is 31.9 Å². The van der Waals surface area contributed by atoms with Crippen molar-refractivity contribution in [2.45, 2.75) is 32.6 Å². The fourth-order valence-electron chi connectivity index (χ4n) is 1.42. The van der Waals surface area contributed by atoms with E-state index in [1.165, 1.54) is 5.56 Å². The summed E-state index contributed by atoms with van der Waals surface area (Å²) in [5, 5.41) is 0. The highest BCUT2D eigenvalue weighted by molar-refractivity contribution is 7.85. The zero-order chi connectivity index (χ0) is 12.4. The van der Waals surface area contributed by atoms with E-state index in [2.05, 4.69) is 20.8 Å². The first kappa shape index (κ1) is 13.2. The van der Waals surface area contributed by atoms with E-state index in [9.17, 15) is 8.42 Å². The molecular weight excluding hydrogens is 224 g/mol. The molecule has 90 valence electrons. The Kier molecular flexibility index (Phi) is 3.76. The van der Waals surface area contributed by atoms with Crippen molar-refractivity contribution in [3.8, 4) is 0 Å². The van der Waals surface area contributed by atoms with Gasteiger partial charge >= 0.3 is 0 Å². The van der Waals surface area contributed by atoms with E-state index in [1.54, 1.807) is 0 Å². The molecule has 0 spiro atoms. The molecule has 0 aliphatic carbocycles. The molecule has 0 aromatic heterocycles. The molecule has 0 amide bonds. The van der Waals surface area contributed by atoms with Crippen molar-refractivity contribution in [2.75, 3.05) is 5.75 Å². The lowest BCUT2D eigenvalue weighted by Gasteiger charge is -2.19. The molecule has 1 rings (SSSR count). The Labute approximate surface area is 97.2 Å². The Morgan fingerprint density at radius 2 is 1.62 bits per heavy atom. The summed E-state index contributed by atoms with van der Waals surface area (Å²) in [5.41, 5.74) is 2.23. The number of aryl methyl sites for hydroxylation is 1. The Bertz CT molecular complexity index is 438. The van der Waals surface area contributed by atoms with Crippen molar-refractivity contribution in [1.82, 2.24) is 0 Å². The second-order valence-electron chi connectivity index (χ2n) is 4.98. The second-order valence-corrected chi connectivity index (χ2v) is 6.56. The third kappa shape index (κ3) is 4.33. The minimum absolute atomic E-state index is 0.0988. The first-order valence-electron chi connectivity index (χ1n) is 5.23. The molecule has 0 saturated carbocycles. The number of rotatable bonds is 3. The third-order valence-electron chi connectivity index (χ3n) is 2.47. The zero-order valence-corrected chi connectivity index (χ0v) is 10.7. The molecule has 1 aromatic rings. The van der Waals surface area contributed by atoms with Crippen LogP contribution >= 0.6 is 0 Å². The Morgan fingerprint density at radius 3 is 2.00 bits per heavy atom. The summed E-state index contributed by atoms with van der Waals surface area (Å²) in [5.74, 6) is -0.220. The summed E-state index contributed by atoms with van der Waals surface area (Å²) >= 11 is 0. The van der Waals surface area contributed by atoms with Crippen molar-refractivity contribution >= 4 is 10.1 Å². The van der Waals surface area contributed by atoms with E-state index in [-0.39, 0.29) is 11.2 Å². The quantitative estimate of drug-likeness (QED) is 0.828. The minimum atomic E-state index is -3.86. The fraction of sp³-hybridized carbons (Fsp3) is 0.500. The van der Waals surface area contributed by atoms with E-state index in [1.807, 2.05) is 24.3 Å². The molecule has 4 heteroatoms. The molecule has 0 aliphatic heterocycles. The van der Waals surface area contributed by atoms with Crippen LogP contribution < -0.4 is 0 Å². The highest BCUT2D eigenvalue weighted by Gasteiger charge is 2.13. The van der Waals surface area contributed by atoms with E-state index in [0.29, 0.717) is 6.42 Å². The minimum Gasteiger partial charge on any atom is -0.286 e. The van der Waals surface area contributed by atoms with Gasteiger partial charge in [-0.1, -0.05) is 45.0 Å². The lowest BCUT2D eigenvalue weighted by Crippen LogP contribution is -2.11. The predicted octanol–water partition coefficient (Wildman–Crippen LogP) is 2.41. The van der Waals surface area contributed by atoms with Crippen molar-refractivity contribution in [2.24, 2.45) is 0 Å². The van der Waals surface area contributed by atoms with Crippen LogP contribution in [-0.4, -0.2) is 18.7 Å². The van der Waals surface area contributed by atoms with Gasteiger partial charge < -0.3 is 0 Å². The summed E-state index contributed by atoms with van der Waals surface area (Å²) in [7, 11) is -3.86. The van der Waals surface area contributed by atoms with Gasteiger partial charge in [-0.25, -0.2) is 0 Å². The zero-order valence-electron chi connectivity index (χ0n) is 9.90. The molecule has 0 fully saturated rings. The first-order chi connectivity index (χ1) is 7.18. The van der Waals surface area contributed by atoms with Crippen LogP contribution in [0, 0.1) is 0 Å². The Hall–Kier alpha value is -0.870. The van der Waals surface area contributed by atoms with Gasteiger partial charge in [0.1, 0.15) is 0 Å². The molecule has 0 saturated heterocycles. The maximum absolute atomic E-state index is 10.6. The average molecular weight is 242 g/mol. The van der Waals surface area contributed by atoms with E-state index < -0.39 is 10.1 Å². The lowest BCUT2D eigenvalue weighted by molar-refractivity contribution is 0.482. The van der Waals surface area contributed by atoms with Gasteiger partial charge in [-0.2, -0.15) is 8.42 Å². The number of hydrogen-bond acceptors (Lipinski definition) is 2. The molecule has 0 heterocycles. The first-order valence-corrected chi connectivity index (χ1v) is 6.84. The van der Waals surface area contributed by atoms with Gasteiger partial charge in [0.15, 0.2) is 0 Å². The summed E-state index contributed by atoms with van der Waals surface area (Å²) in [4.78, 5) is 0. The molecular formula is C12H18O3S. The van der Waals surface area contributed by atoms with Crippen molar-refractivity contribution in [3.63, 3.8) is 0 Å². The molecule has 0 aliphatic rings. The van der Waals surface area contributed by atoms with Gasteiger partial charge in [0.05, 0.1) is 5.75 Å². The summed E-state index contributed by atoms with van der Waals surface area (Å²) in [6.07, 6.45) is 0.350. The Morgan fingerprint density at radius 1 is 1.12 bits per heavy atom. The van der Waals surface area contributed by atoms with Gasteiger partial charge in [-0.05, 0) is 23.0 Å². The van der Waals surface area contributed by atoms with Crippen molar-refractivity contribution in [3.05, 3.63) is 35.4 Å². The van der Waals surface area contributed by atoms with Crippen LogP contribution in [0.25, 0.3) is 0 Å². The third-order valence-corrected chi connectivity index (χ3v) is 3.19. The summed E-state index contributed by atoms with van der Waals surface area (Å²) < 4.78 is 29.8. The van der Waals surface area contributed by atoms with Gasteiger partial charge in [-0.15, -0.1) is 0 Å². The fourth-order valence-corrected chi connectivity index (χ4v) is 1.91. The molecule has 0 bridgehead atoms. The molecule has 3 nitrogen and oxygen atoms in total. The standard InChI is InChI=1S/C12H18O3S/c1-12(2,3)11-6-4-10(5-7-11)8-9-16(13,14)15/h4-7H,8-9H2,1-3H3,(H,13,14,15). The van der Waals surface area contributed by atoms with Gasteiger partial charge in [0, 0.05) is 0 Å². The number of hydrogen-bond donors (Lipinski definition) is 1. The normalized spacial score (nSPS) is 12.8. The topological polar surface area (TPSA) is 54.4 Å². The molecule has 0 atom stereocenters. The van der Waals surface area contributed by atoms with Crippen LogP contribution in [0.3, 0.4) is 0 Å². The SMILES string of the molecule is CC(C)(C)c1ccc(CCS(=O)(=O)O)cc1. The largest absolute Gasteiger partial charge is 0.286 e. The molecule has 16 heavy (non-hydrogen) atoms. The highest BCUT2D eigenvalue weighted by atomic mass is 32.2. The monoisotopic (exact) mass is 242 g/mol. The van der Waals surface area contributed by atoms with Crippen LogP contribution in [0.2, 0.25) is 0 Å². The molecule has 1 N–H and O–H groups in total.